The third-order valence-corrected chi connectivity index (χ3v) is 3.51. The lowest BCUT2D eigenvalue weighted by Gasteiger charge is -2.22. The highest BCUT2D eigenvalue weighted by molar-refractivity contribution is 5.58. The number of phenolic OH excluding ortho intramolecular Hbond substituents is 1. The summed E-state index contributed by atoms with van der Waals surface area (Å²) in [6.07, 6.45) is 0. The average molecular weight is 282 g/mol. The SMILES string of the molecule is COc1ccc(NC2(C#N)COc3cc(O)ccc32)cc1. The van der Waals surface area contributed by atoms with E-state index >= 15 is 0 Å². The van der Waals surface area contributed by atoms with Gasteiger partial charge in [-0.1, -0.05) is 0 Å². The maximum atomic E-state index is 9.61. The lowest BCUT2D eigenvalue weighted by atomic mass is 9.93. The van der Waals surface area contributed by atoms with Gasteiger partial charge >= 0.3 is 0 Å². The molecule has 1 unspecified atom stereocenters. The van der Waals surface area contributed by atoms with Gasteiger partial charge in [0.1, 0.15) is 23.9 Å². The minimum Gasteiger partial charge on any atom is -0.508 e. The molecule has 0 saturated carbocycles. The van der Waals surface area contributed by atoms with E-state index in [2.05, 4.69) is 11.4 Å². The summed E-state index contributed by atoms with van der Waals surface area (Å²) in [6.45, 7) is 0.189. The summed E-state index contributed by atoms with van der Waals surface area (Å²) in [4.78, 5) is 0. The number of benzene rings is 2. The average Bonchev–Trinajstić information content (AvgIpc) is 2.86. The third kappa shape index (κ3) is 2.21. The number of hydrogen-bond acceptors (Lipinski definition) is 5. The zero-order valence-corrected chi connectivity index (χ0v) is 11.5. The maximum Gasteiger partial charge on any atom is 0.188 e. The smallest absolute Gasteiger partial charge is 0.188 e. The second-order valence-electron chi connectivity index (χ2n) is 4.84. The molecule has 3 rings (SSSR count). The van der Waals surface area contributed by atoms with E-state index in [9.17, 15) is 10.4 Å². The molecule has 5 nitrogen and oxygen atoms in total. The highest BCUT2D eigenvalue weighted by atomic mass is 16.5. The van der Waals surface area contributed by atoms with Crippen molar-refractivity contribution in [2.75, 3.05) is 19.0 Å². The standard InChI is InChI=1S/C16H14N2O3/c1-20-13-5-2-11(3-6-13)18-16(9-17)10-21-15-8-12(19)4-7-14(15)16/h2-8,18-19H,10H2,1H3. The normalized spacial score (nSPS) is 19.2. The predicted molar refractivity (Wildman–Crippen MR) is 77.5 cm³/mol. The van der Waals surface area contributed by atoms with Crippen LogP contribution in [0.2, 0.25) is 0 Å². The number of rotatable bonds is 3. The maximum absolute atomic E-state index is 9.61. The van der Waals surface area contributed by atoms with Gasteiger partial charge in [0.25, 0.3) is 0 Å². The van der Waals surface area contributed by atoms with Gasteiger partial charge in [-0.3, -0.25) is 0 Å². The summed E-state index contributed by atoms with van der Waals surface area (Å²) in [7, 11) is 1.60. The van der Waals surface area contributed by atoms with Crippen molar-refractivity contribution >= 4 is 5.69 Å². The number of ether oxygens (including phenoxy) is 2. The van der Waals surface area contributed by atoms with Gasteiger partial charge in [-0.05, 0) is 36.4 Å². The monoisotopic (exact) mass is 282 g/mol. The fourth-order valence-corrected chi connectivity index (χ4v) is 2.39. The van der Waals surface area contributed by atoms with Crippen molar-refractivity contribution in [1.29, 1.82) is 5.26 Å². The highest BCUT2D eigenvalue weighted by Gasteiger charge is 2.41. The van der Waals surface area contributed by atoms with Crippen molar-refractivity contribution in [2.24, 2.45) is 0 Å². The van der Waals surface area contributed by atoms with Crippen molar-refractivity contribution in [3.63, 3.8) is 0 Å². The number of methoxy groups -OCH3 is 1. The molecule has 0 saturated heterocycles. The molecular weight excluding hydrogens is 268 g/mol. The Morgan fingerprint density at radius 2 is 2.05 bits per heavy atom. The fraction of sp³-hybridized carbons (Fsp3) is 0.188. The number of aromatic hydroxyl groups is 1. The second kappa shape index (κ2) is 4.91. The van der Waals surface area contributed by atoms with Gasteiger partial charge in [-0.2, -0.15) is 5.26 Å². The van der Waals surface area contributed by atoms with Gasteiger partial charge in [-0.25, -0.2) is 0 Å². The quantitative estimate of drug-likeness (QED) is 0.905. The number of hydrogen-bond donors (Lipinski definition) is 2. The highest BCUT2D eigenvalue weighted by Crippen LogP contribution is 2.40. The Balaban J connectivity index is 1.94. The van der Waals surface area contributed by atoms with Crippen molar-refractivity contribution in [1.82, 2.24) is 0 Å². The molecule has 0 aliphatic carbocycles. The molecule has 2 aromatic carbocycles. The van der Waals surface area contributed by atoms with Crippen LogP contribution in [0.3, 0.4) is 0 Å². The lowest BCUT2D eigenvalue weighted by molar-refractivity contribution is 0.313. The molecule has 1 aliphatic rings. The first-order valence-corrected chi connectivity index (χ1v) is 6.47. The minimum atomic E-state index is -0.961. The molecule has 1 aliphatic heterocycles. The minimum absolute atomic E-state index is 0.118. The zero-order chi connectivity index (χ0) is 14.9. The van der Waals surface area contributed by atoms with E-state index in [0.717, 1.165) is 17.0 Å². The van der Waals surface area contributed by atoms with Crippen LogP contribution in [-0.4, -0.2) is 18.8 Å². The summed E-state index contributed by atoms with van der Waals surface area (Å²) in [5.41, 5.74) is 0.554. The Bertz CT molecular complexity index is 706. The van der Waals surface area contributed by atoms with Crippen LogP contribution < -0.4 is 14.8 Å². The van der Waals surface area contributed by atoms with Crippen LogP contribution in [0.1, 0.15) is 5.56 Å². The first-order chi connectivity index (χ1) is 10.2. The van der Waals surface area contributed by atoms with Crippen LogP contribution in [0.4, 0.5) is 5.69 Å². The van der Waals surface area contributed by atoms with Crippen molar-refractivity contribution in [2.45, 2.75) is 5.54 Å². The Labute approximate surface area is 122 Å². The molecule has 21 heavy (non-hydrogen) atoms. The number of anilines is 1. The molecular formula is C16H14N2O3. The van der Waals surface area contributed by atoms with E-state index in [1.165, 1.54) is 6.07 Å². The molecule has 1 atom stereocenters. The molecule has 0 aromatic heterocycles. The first kappa shape index (κ1) is 13.1. The molecule has 0 radical (unpaired) electrons. The van der Waals surface area contributed by atoms with Gasteiger partial charge in [0.2, 0.25) is 0 Å². The molecule has 0 fully saturated rings. The van der Waals surface area contributed by atoms with E-state index in [4.69, 9.17) is 9.47 Å². The molecule has 0 amide bonds. The van der Waals surface area contributed by atoms with Crippen molar-refractivity contribution in [3.8, 4) is 23.3 Å². The van der Waals surface area contributed by atoms with Gasteiger partial charge in [0.05, 0.1) is 13.2 Å². The van der Waals surface area contributed by atoms with Crippen molar-refractivity contribution in [3.05, 3.63) is 48.0 Å². The third-order valence-electron chi connectivity index (χ3n) is 3.51. The van der Waals surface area contributed by atoms with E-state index in [-0.39, 0.29) is 12.4 Å². The van der Waals surface area contributed by atoms with E-state index < -0.39 is 5.54 Å². The molecule has 1 heterocycles. The molecule has 2 N–H and O–H groups in total. The number of nitriles is 1. The molecule has 2 aromatic rings. The van der Waals surface area contributed by atoms with E-state index in [0.29, 0.717) is 5.75 Å². The molecule has 0 bridgehead atoms. The first-order valence-electron chi connectivity index (χ1n) is 6.47. The van der Waals surface area contributed by atoms with Crippen molar-refractivity contribution < 1.29 is 14.6 Å². The number of phenols is 1. The van der Waals surface area contributed by atoms with Crippen LogP contribution in [0.15, 0.2) is 42.5 Å². The summed E-state index contributed by atoms with van der Waals surface area (Å²) in [5.74, 6) is 1.39. The Morgan fingerprint density at radius 1 is 1.29 bits per heavy atom. The predicted octanol–water partition coefficient (Wildman–Crippen LogP) is 2.62. The molecule has 0 spiro atoms. The zero-order valence-electron chi connectivity index (χ0n) is 11.5. The Kier molecular flexibility index (Phi) is 3.07. The Hall–Kier alpha value is -2.87. The number of fused-ring (bicyclic) bond motifs is 1. The summed E-state index contributed by atoms with van der Waals surface area (Å²) >= 11 is 0. The lowest BCUT2D eigenvalue weighted by Crippen LogP contribution is -2.35. The van der Waals surface area contributed by atoms with Gasteiger partial charge in [0, 0.05) is 17.3 Å². The summed E-state index contributed by atoms with van der Waals surface area (Å²) < 4.78 is 10.6. The van der Waals surface area contributed by atoms with Crippen LogP contribution in [0.5, 0.6) is 17.2 Å². The molecule has 106 valence electrons. The fourth-order valence-electron chi connectivity index (χ4n) is 2.39. The number of nitrogens with zero attached hydrogens (tertiary/aromatic N) is 1. The summed E-state index contributed by atoms with van der Waals surface area (Å²) in [5, 5.41) is 22.3. The largest absolute Gasteiger partial charge is 0.508 e. The van der Waals surface area contributed by atoms with Crippen LogP contribution in [0, 0.1) is 11.3 Å². The van der Waals surface area contributed by atoms with Crippen LogP contribution in [-0.2, 0) is 5.54 Å². The molecule has 5 heteroatoms. The summed E-state index contributed by atoms with van der Waals surface area (Å²) in [6, 6.07) is 14.4. The van der Waals surface area contributed by atoms with E-state index in [1.54, 1.807) is 19.2 Å². The second-order valence-corrected chi connectivity index (χ2v) is 4.84. The van der Waals surface area contributed by atoms with Crippen LogP contribution in [0.25, 0.3) is 0 Å². The topological polar surface area (TPSA) is 74.5 Å². The number of nitrogens with one attached hydrogen (secondary N) is 1. The Morgan fingerprint density at radius 3 is 2.71 bits per heavy atom. The van der Waals surface area contributed by atoms with Gasteiger partial charge in [0.15, 0.2) is 5.54 Å². The van der Waals surface area contributed by atoms with Crippen LogP contribution >= 0.6 is 0 Å². The van der Waals surface area contributed by atoms with Gasteiger partial charge in [-0.15, -0.1) is 0 Å². The van der Waals surface area contributed by atoms with E-state index in [1.807, 2.05) is 24.3 Å². The van der Waals surface area contributed by atoms with Gasteiger partial charge < -0.3 is 19.9 Å².